The third-order valence-electron chi connectivity index (χ3n) is 3.16. The summed E-state index contributed by atoms with van der Waals surface area (Å²) in [7, 11) is 0. The zero-order valence-electron chi connectivity index (χ0n) is 11.2. The van der Waals surface area contributed by atoms with Gasteiger partial charge in [0.25, 0.3) is 11.3 Å². The Kier molecular flexibility index (Phi) is 3.64. The standard InChI is InChI=1S/C14H10ClN3O4/c15-9-4-2-1-3-8(9)12-11-13(22-17-12)16-7-18(14(11)21)6-5-10(19)20/h1-4,7H,5-6H2,(H,19,20). The molecule has 0 atom stereocenters. The summed E-state index contributed by atoms with van der Waals surface area (Å²) >= 11 is 6.12. The van der Waals surface area contributed by atoms with Crippen LogP contribution in [0.25, 0.3) is 22.4 Å². The van der Waals surface area contributed by atoms with Crippen LogP contribution in [0.3, 0.4) is 0 Å². The second kappa shape index (κ2) is 5.61. The lowest BCUT2D eigenvalue weighted by Gasteiger charge is -2.03. The van der Waals surface area contributed by atoms with Gasteiger partial charge < -0.3 is 9.63 Å². The van der Waals surface area contributed by atoms with Gasteiger partial charge in [0, 0.05) is 12.1 Å². The van der Waals surface area contributed by atoms with Gasteiger partial charge in [-0.2, -0.15) is 0 Å². The summed E-state index contributed by atoms with van der Waals surface area (Å²) in [6.07, 6.45) is 1.06. The molecule has 7 nitrogen and oxygen atoms in total. The monoisotopic (exact) mass is 319 g/mol. The molecular formula is C14H10ClN3O4. The maximum Gasteiger partial charge on any atom is 0.305 e. The third-order valence-corrected chi connectivity index (χ3v) is 3.49. The first-order chi connectivity index (χ1) is 10.6. The minimum absolute atomic E-state index is 0.0181. The van der Waals surface area contributed by atoms with E-state index in [2.05, 4.69) is 10.1 Å². The zero-order chi connectivity index (χ0) is 15.7. The van der Waals surface area contributed by atoms with Crippen LogP contribution in [0.4, 0.5) is 0 Å². The van der Waals surface area contributed by atoms with Crippen molar-refractivity contribution in [2.75, 3.05) is 0 Å². The quantitative estimate of drug-likeness (QED) is 0.791. The number of halogens is 1. The van der Waals surface area contributed by atoms with E-state index in [0.717, 1.165) is 0 Å². The Hall–Kier alpha value is -2.67. The largest absolute Gasteiger partial charge is 0.481 e. The fraction of sp³-hybridized carbons (Fsp3) is 0.143. The number of hydrogen-bond acceptors (Lipinski definition) is 5. The summed E-state index contributed by atoms with van der Waals surface area (Å²) < 4.78 is 6.29. The van der Waals surface area contributed by atoms with E-state index in [1.165, 1.54) is 10.9 Å². The van der Waals surface area contributed by atoms with Crippen LogP contribution in [0.2, 0.25) is 5.02 Å². The topological polar surface area (TPSA) is 98.2 Å². The average Bonchev–Trinajstić information content (AvgIpc) is 2.91. The molecule has 0 amide bonds. The van der Waals surface area contributed by atoms with Crippen molar-refractivity contribution in [2.24, 2.45) is 0 Å². The zero-order valence-corrected chi connectivity index (χ0v) is 11.9. The molecule has 0 aliphatic carbocycles. The van der Waals surface area contributed by atoms with Crippen LogP contribution < -0.4 is 5.56 Å². The van der Waals surface area contributed by atoms with Gasteiger partial charge in [-0.3, -0.25) is 14.2 Å². The summed E-state index contributed by atoms with van der Waals surface area (Å²) in [5.41, 5.74) is 0.523. The molecule has 22 heavy (non-hydrogen) atoms. The summed E-state index contributed by atoms with van der Waals surface area (Å²) in [6.45, 7) is 0.0181. The number of aryl methyl sites for hydroxylation is 1. The van der Waals surface area contributed by atoms with Gasteiger partial charge in [0.05, 0.1) is 11.4 Å². The van der Waals surface area contributed by atoms with Crippen molar-refractivity contribution in [3.8, 4) is 11.3 Å². The Morgan fingerprint density at radius 3 is 2.86 bits per heavy atom. The molecule has 0 radical (unpaired) electrons. The van der Waals surface area contributed by atoms with Crippen molar-refractivity contribution in [1.29, 1.82) is 0 Å². The molecule has 1 aromatic carbocycles. The molecule has 0 bridgehead atoms. The van der Waals surface area contributed by atoms with Gasteiger partial charge in [0.15, 0.2) is 0 Å². The lowest BCUT2D eigenvalue weighted by Crippen LogP contribution is -2.21. The minimum Gasteiger partial charge on any atom is -0.481 e. The maximum absolute atomic E-state index is 12.5. The number of carbonyl (C=O) groups is 1. The normalized spacial score (nSPS) is 11.0. The molecule has 0 saturated heterocycles. The highest BCUT2D eigenvalue weighted by molar-refractivity contribution is 6.33. The molecule has 0 aliphatic rings. The Morgan fingerprint density at radius 1 is 1.36 bits per heavy atom. The molecule has 2 aromatic heterocycles. The summed E-state index contributed by atoms with van der Waals surface area (Å²) in [5, 5.41) is 13.2. The van der Waals surface area contributed by atoms with E-state index in [0.29, 0.717) is 16.3 Å². The smallest absolute Gasteiger partial charge is 0.305 e. The molecule has 0 saturated carbocycles. The Bertz CT molecular complexity index is 916. The van der Waals surface area contributed by atoms with Gasteiger partial charge in [0.1, 0.15) is 17.4 Å². The van der Waals surface area contributed by atoms with Crippen molar-refractivity contribution in [3.63, 3.8) is 0 Å². The summed E-state index contributed by atoms with van der Waals surface area (Å²) in [4.78, 5) is 27.1. The molecule has 0 aliphatic heterocycles. The highest BCUT2D eigenvalue weighted by Gasteiger charge is 2.18. The highest BCUT2D eigenvalue weighted by Crippen LogP contribution is 2.30. The predicted octanol–water partition coefficient (Wildman–Crippen LogP) is 2.18. The second-order valence-electron chi connectivity index (χ2n) is 4.58. The van der Waals surface area contributed by atoms with Gasteiger partial charge >= 0.3 is 5.97 Å². The molecule has 2 heterocycles. The van der Waals surface area contributed by atoms with Gasteiger partial charge in [0.2, 0.25) is 0 Å². The maximum atomic E-state index is 12.5. The molecule has 1 N–H and O–H groups in total. The van der Waals surface area contributed by atoms with Crippen LogP contribution in [-0.2, 0) is 11.3 Å². The number of aliphatic carboxylic acids is 1. The number of nitrogens with zero attached hydrogens (tertiary/aromatic N) is 3. The fourth-order valence-corrected chi connectivity index (χ4v) is 2.32. The first kappa shape index (κ1) is 14.3. The number of fused-ring (bicyclic) bond motifs is 1. The van der Waals surface area contributed by atoms with Crippen molar-refractivity contribution in [1.82, 2.24) is 14.7 Å². The van der Waals surface area contributed by atoms with Crippen molar-refractivity contribution in [3.05, 3.63) is 46.0 Å². The van der Waals surface area contributed by atoms with Crippen LogP contribution in [0, 0.1) is 0 Å². The van der Waals surface area contributed by atoms with Crippen molar-refractivity contribution in [2.45, 2.75) is 13.0 Å². The van der Waals surface area contributed by atoms with Gasteiger partial charge in [-0.25, -0.2) is 4.98 Å². The molecule has 112 valence electrons. The number of carboxylic acid groups (broad SMARTS) is 1. The van der Waals surface area contributed by atoms with Crippen LogP contribution in [0.1, 0.15) is 6.42 Å². The minimum atomic E-state index is -0.997. The van der Waals surface area contributed by atoms with Gasteiger partial charge in [-0.05, 0) is 6.07 Å². The lowest BCUT2D eigenvalue weighted by atomic mass is 10.1. The van der Waals surface area contributed by atoms with Gasteiger partial charge in [-0.15, -0.1) is 0 Å². The fourth-order valence-electron chi connectivity index (χ4n) is 2.09. The number of rotatable bonds is 4. The van der Waals surface area contributed by atoms with E-state index in [1.54, 1.807) is 24.3 Å². The molecule has 0 spiro atoms. The van der Waals surface area contributed by atoms with E-state index >= 15 is 0 Å². The van der Waals surface area contributed by atoms with E-state index in [4.69, 9.17) is 21.2 Å². The number of hydrogen-bond donors (Lipinski definition) is 1. The molecule has 8 heteroatoms. The van der Waals surface area contributed by atoms with Crippen molar-refractivity contribution >= 4 is 28.7 Å². The van der Waals surface area contributed by atoms with Crippen LogP contribution in [0.5, 0.6) is 0 Å². The Balaban J connectivity index is 2.17. The van der Waals surface area contributed by atoms with Gasteiger partial charge in [-0.1, -0.05) is 35.0 Å². The molecular weight excluding hydrogens is 310 g/mol. The third kappa shape index (κ3) is 2.46. The van der Waals surface area contributed by atoms with E-state index in [-0.39, 0.29) is 24.1 Å². The Morgan fingerprint density at radius 2 is 2.14 bits per heavy atom. The molecule has 0 unspecified atom stereocenters. The van der Waals surface area contributed by atoms with E-state index in [1.807, 2.05) is 0 Å². The second-order valence-corrected chi connectivity index (χ2v) is 4.99. The van der Waals surface area contributed by atoms with Crippen molar-refractivity contribution < 1.29 is 14.4 Å². The number of aromatic nitrogens is 3. The summed E-state index contributed by atoms with van der Waals surface area (Å²) in [6, 6.07) is 6.92. The predicted molar refractivity (Wildman–Crippen MR) is 78.8 cm³/mol. The van der Waals surface area contributed by atoms with Crippen LogP contribution >= 0.6 is 11.6 Å². The summed E-state index contributed by atoms with van der Waals surface area (Å²) in [5.74, 6) is -0.997. The highest BCUT2D eigenvalue weighted by atomic mass is 35.5. The average molecular weight is 320 g/mol. The van der Waals surface area contributed by atoms with Crippen LogP contribution in [-0.4, -0.2) is 25.8 Å². The SMILES string of the molecule is O=C(O)CCn1cnc2onc(-c3ccccc3Cl)c2c1=O. The van der Waals surface area contributed by atoms with E-state index < -0.39 is 11.5 Å². The van der Waals surface area contributed by atoms with E-state index in [9.17, 15) is 9.59 Å². The lowest BCUT2D eigenvalue weighted by molar-refractivity contribution is -0.137. The first-order valence-electron chi connectivity index (χ1n) is 6.39. The number of carboxylic acids is 1. The number of benzene rings is 1. The molecule has 3 aromatic rings. The van der Waals surface area contributed by atoms with Crippen LogP contribution in [0.15, 0.2) is 39.9 Å². The first-order valence-corrected chi connectivity index (χ1v) is 6.77. The Labute approximate surface area is 128 Å². The molecule has 0 fully saturated rings. The molecule has 3 rings (SSSR count).